The topological polar surface area (TPSA) is 149 Å². The van der Waals surface area contributed by atoms with Gasteiger partial charge in [0.2, 0.25) is 0 Å². The molecule has 0 amide bonds. The summed E-state index contributed by atoms with van der Waals surface area (Å²) >= 11 is 0. The van der Waals surface area contributed by atoms with Gasteiger partial charge in [0.05, 0.1) is 40.0 Å². The summed E-state index contributed by atoms with van der Waals surface area (Å²) in [7, 11) is 1.33. The van der Waals surface area contributed by atoms with Gasteiger partial charge >= 0.3 is 19.8 Å². The lowest BCUT2D eigenvalue weighted by molar-refractivity contribution is -0.870. The number of aliphatic hydroxyl groups is 2. The van der Waals surface area contributed by atoms with E-state index in [4.69, 9.17) is 18.5 Å². The molecule has 0 rings (SSSR count). The summed E-state index contributed by atoms with van der Waals surface area (Å²) in [5.74, 6) is -1.05. The standard InChI is InChI=1S/C48H86NO10P/c1-6-8-10-12-14-15-16-17-18-19-20-21-22-23-24-26-32-38-48(53)59-46(43-58-60(54,55)57-41-40-49(3,4)5)42-56-47(52)39-33-37-45(51)36-31-28-27-30-35-44(50)34-29-25-13-11-9-7-2/h17-18,25,27-31,35-36,44-46,50-51H,6-16,19-24,26,32-34,37-43H2,1-5H3/p+1/b18-17-,28-27+,29-25-,35-30+,36-31-/t44-,45-,46-/m1/s1. The van der Waals surface area contributed by atoms with Crippen molar-refractivity contribution in [2.75, 3.05) is 47.5 Å². The minimum atomic E-state index is -4.44. The highest BCUT2D eigenvalue weighted by Gasteiger charge is 2.27. The molecule has 0 heterocycles. The second-order valence-corrected chi connectivity index (χ2v) is 18.3. The molecular formula is C48H87NO10P+. The number of quaternary nitrogens is 1. The molecule has 0 spiro atoms. The smallest absolute Gasteiger partial charge is 0.462 e. The van der Waals surface area contributed by atoms with E-state index < -0.39 is 44.7 Å². The first-order chi connectivity index (χ1) is 28.8. The number of phosphoric ester groups is 1. The normalized spacial score (nSPS) is 15.1. The predicted octanol–water partition coefficient (Wildman–Crippen LogP) is 11.2. The Labute approximate surface area is 365 Å². The summed E-state index contributed by atoms with van der Waals surface area (Å²) in [4.78, 5) is 35.4. The number of rotatable bonds is 41. The lowest BCUT2D eigenvalue weighted by atomic mass is 10.1. The van der Waals surface area contributed by atoms with E-state index in [0.29, 0.717) is 36.7 Å². The van der Waals surface area contributed by atoms with E-state index in [1.165, 1.54) is 83.5 Å². The molecule has 0 aliphatic carbocycles. The molecule has 11 nitrogen and oxygen atoms in total. The van der Waals surface area contributed by atoms with Gasteiger partial charge in [0, 0.05) is 12.8 Å². The van der Waals surface area contributed by atoms with Crippen LogP contribution in [-0.2, 0) is 32.7 Å². The highest BCUT2D eigenvalue weighted by molar-refractivity contribution is 7.47. The number of unbranched alkanes of at least 4 members (excludes halogenated alkanes) is 16. The van der Waals surface area contributed by atoms with Crippen molar-refractivity contribution >= 4 is 19.8 Å². The molecule has 0 saturated carbocycles. The fourth-order valence-electron chi connectivity index (χ4n) is 5.97. The SMILES string of the molecule is CCCCC/C=C\C[C@@H](O)/C=C/C=C/C=C\[C@@H](O)CCCC(=O)OC[C@H](COP(=O)(O)OCC[N+](C)(C)C)OC(=O)CCCCCCCCC/C=C\CCCCCCCC. The number of allylic oxidation sites excluding steroid dienone is 7. The van der Waals surface area contributed by atoms with Crippen LogP contribution < -0.4 is 0 Å². The molecule has 0 aromatic carbocycles. The number of aliphatic hydroxyl groups excluding tert-OH is 2. The molecule has 0 saturated heterocycles. The van der Waals surface area contributed by atoms with Gasteiger partial charge in [-0.05, 0) is 64.2 Å². The monoisotopic (exact) mass is 869 g/mol. The lowest BCUT2D eigenvalue weighted by Crippen LogP contribution is -2.37. The molecule has 1 unspecified atom stereocenters. The van der Waals surface area contributed by atoms with Gasteiger partial charge in [-0.2, -0.15) is 0 Å². The van der Waals surface area contributed by atoms with E-state index in [0.717, 1.165) is 32.1 Å². The zero-order valence-electron chi connectivity index (χ0n) is 38.4. The molecule has 348 valence electrons. The number of phosphoric acid groups is 1. The number of likely N-dealkylation sites (N-methyl/N-ethyl adjacent to an activating group) is 1. The van der Waals surface area contributed by atoms with Gasteiger partial charge in [0.15, 0.2) is 6.10 Å². The van der Waals surface area contributed by atoms with Crippen molar-refractivity contribution in [2.45, 2.75) is 186 Å². The third-order valence-electron chi connectivity index (χ3n) is 9.71. The van der Waals surface area contributed by atoms with Crippen molar-refractivity contribution in [3.63, 3.8) is 0 Å². The highest BCUT2D eigenvalue weighted by Crippen LogP contribution is 2.43. The average molecular weight is 869 g/mol. The van der Waals surface area contributed by atoms with Crippen LogP contribution in [0.1, 0.15) is 168 Å². The molecule has 0 aromatic heterocycles. The van der Waals surface area contributed by atoms with E-state index in [1.54, 1.807) is 36.5 Å². The fourth-order valence-corrected chi connectivity index (χ4v) is 6.71. The predicted molar refractivity (Wildman–Crippen MR) is 245 cm³/mol. The molecule has 60 heavy (non-hydrogen) atoms. The number of nitrogens with zero attached hydrogens (tertiary/aromatic N) is 1. The zero-order chi connectivity index (χ0) is 44.6. The van der Waals surface area contributed by atoms with Crippen molar-refractivity contribution < 1.29 is 52.3 Å². The van der Waals surface area contributed by atoms with Gasteiger partial charge in [-0.1, -0.05) is 152 Å². The first-order valence-electron chi connectivity index (χ1n) is 23.2. The van der Waals surface area contributed by atoms with E-state index in [9.17, 15) is 29.3 Å². The van der Waals surface area contributed by atoms with Crippen molar-refractivity contribution in [2.24, 2.45) is 0 Å². The number of hydrogen-bond donors (Lipinski definition) is 3. The Morgan fingerprint density at radius 3 is 1.70 bits per heavy atom. The van der Waals surface area contributed by atoms with Crippen LogP contribution in [-0.4, -0.2) is 97.3 Å². The van der Waals surface area contributed by atoms with Crippen molar-refractivity contribution in [3.8, 4) is 0 Å². The largest absolute Gasteiger partial charge is 0.472 e. The minimum Gasteiger partial charge on any atom is -0.462 e. The van der Waals surface area contributed by atoms with Crippen LogP contribution >= 0.6 is 7.82 Å². The molecule has 12 heteroatoms. The maximum Gasteiger partial charge on any atom is 0.472 e. The number of hydrogen-bond acceptors (Lipinski definition) is 9. The Bertz CT molecular complexity index is 1240. The van der Waals surface area contributed by atoms with Gasteiger partial charge in [-0.25, -0.2) is 4.57 Å². The Hall–Kier alpha value is -2.37. The number of ether oxygens (including phenoxy) is 2. The molecule has 0 bridgehead atoms. The van der Waals surface area contributed by atoms with Crippen LogP contribution in [0.4, 0.5) is 0 Å². The van der Waals surface area contributed by atoms with Crippen LogP contribution in [0.2, 0.25) is 0 Å². The van der Waals surface area contributed by atoms with Gasteiger partial charge in [0.25, 0.3) is 0 Å². The molecule has 3 N–H and O–H groups in total. The van der Waals surface area contributed by atoms with Crippen LogP contribution in [0, 0.1) is 0 Å². The van der Waals surface area contributed by atoms with Gasteiger partial charge in [-0.15, -0.1) is 0 Å². The summed E-state index contributed by atoms with van der Waals surface area (Å²) in [5, 5.41) is 20.3. The summed E-state index contributed by atoms with van der Waals surface area (Å²) in [6.45, 7) is 4.06. The number of esters is 2. The number of carbonyl (C=O) groups is 2. The Morgan fingerprint density at radius 1 is 0.600 bits per heavy atom. The third-order valence-corrected chi connectivity index (χ3v) is 10.7. The molecule has 0 aliphatic rings. The first-order valence-corrected chi connectivity index (χ1v) is 24.7. The molecule has 0 aromatic rings. The third kappa shape index (κ3) is 42.3. The fraction of sp³-hybridized carbons (Fsp3) is 0.750. The van der Waals surface area contributed by atoms with E-state index >= 15 is 0 Å². The van der Waals surface area contributed by atoms with Crippen LogP contribution in [0.3, 0.4) is 0 Å². The van der Waals surface area contributed by atoms with Crippen molar-refractivity contribution in [3.05, 3.63) is 60.8 Å². The van der Waals surface area contributed by atoms with Crippen molar-refractivity contribution in [1.82, 2.24) is 0 Å². The minimum absolute atomic E-state index is 0.0110. The average Bonchev–Trinajstić information content (AvgIpc) is 3.19. The summed E-state index contributed by atoms with van der Waals surface area (Å²) in [6.07, 6.45) is 40.4. The number of carbonyl (C=O) groups excluding carboxylic acids is 2. The lowest BCUT2D eigenvalue weighted by Gasteiger charge is -2.24. The van der Waals surface area contributed by atoms with E-state index in [2.05, 4.69) is 32.1 Å². The maximum absolute atomic E-state index is 12.7. The summed E-state index contributed by atoms with van der Waals surface area (Å²) < 4.78 is 34.1. The van der Waals surface area contributed by atoms with Crippen LogP contribution in [0.15, 0.2) is 60.8 Å². The maximum atomic E-state index is 12.7. The molecule has 0 aliphatic heterocycles. The second kappa shape index (κ2) is 39.5. The Morgan fingerprint density at radius 2 is 1.10 bits per heavy atom. The van der Waals surface area contributed by atoms with Crippen LogP contribution in [0.5, 0.6) is 0 Å². The zero-order valence-corrected chi connectivity index (χ0v) is 39.3. The van der Waals surface area contributed by atoms with Crippen molar-refractivity contribution in [1.29, 1.82) is 0 Å². The van der Waals surface area contributed by atoms with Gasteiger partial charge in [0.1, 0.15) is 19.8 Å². The van der Waals surface area contributed by atoms with E-state index in [-0.39, 0.29) is 26.1 Å². The molecule has 0 fully saturated rings. The van der Waals surface area contributed by atoms with Crippen LogP contribution in [0.25, 0.3) is 0 Å². The van der Waals surface area contributed by atoms with Gasteiger partial charge < -0.3 is 29.1 Å². The summed E-state index contributed by atoms with van der Waals surface area (Å²) in [5.41, 5.74) is 0. The molecule has 4 atom stereocenters. The highest BCUT2D eigenvalue weighted by atomic mass is 31.2. The Kier molecular flexibility index (Phi) is 37.9. The molecular weight excluding hydrogens is 781 g/mol. The summed E-state index contributed by atoms with van der Waals surface area (Å²) in [6, 6.07) is 0. The van der Waals surface area contributed by atoms with E-state index in [1.807, 2.05) is 27.2 Å². The van der Waals surface area contributed by atoms with Gasteiger partial charge in [-0.3, -0.25) is 18.6 Å². The Balaban J connectivity index is 4.59. The molecule has 0 radical (unpaired) electrons. The first kappa shape index (κ1) is 57.6. The second-order valence-electron chi connectivity index (χ2n) is 16.8. The quantitative estimate of drug-likeness (QED) is 0.0135.